The lowest BCUT2D eigenvalue weighted by molar-refractivity contribution is -0.280. The third kappa shape index (κ3) is 4.01. The number of halogens is 6. The summed E-state index contributed by atoms with van der Waals surface area (Å²) < 4.78 is 77.7. The second-order valence-electron chi connectivity index (χ2n) is 3.91. The number of unbranched alkanes of at least 4 members (excludes halogenated alkanes) is 3. The van der Waals surface area contributed by atoms with Crippen molar-refractivity contribution in [3.05, 3.63) is 0 Å². The van der Waals surface area contributed by atoms with E-state index < -0.39 is 32.5 Å². The van der Waals surface area contributed by atoms with Gasteiger partial charge in [0.2, 0.25) is 0 Å². The molecule has 7 heteroatoms. The third-order valence-corrected chi connectivity index (χ3v) is 3.45. The zero-order chi connectivity index (χ0) is 13.7. The lowest BCUT2D eigenvalue weighted by Gasteiger charge is -2.32. The van der Waals surface area contributed by atoms with E-state index in [0.29, 0.717) is 12.8 Å². The van der Waals surface area contributed by atoms with Gasteiger partial charge < -0.3 is 0 Å². The summed E-state index contributed by atoms with van der Waals surface area (Å²) >= 11 is 0. The Balaban J connectivity index is 4.56. The van der Waals surface area contributed by atoms with E-state index in [1.807, 2.05) is 6.92 Å². The first-order chi connectivity index (χ1) is 7.62. The highest BCUT2D eigenvalue weighted by molar-refractivity contribution is 7.38. The Morgan fingerprint density at radius 2 is 1.41 bits per heavy atom. The summed E-state index contributed by atoms with van der Waals surface area (Å²) in [5.41, 5.74) is -4.64. The molecule has 0 amide bonds. The Morgan fingerprint density at radius 3 is 1.82 bits per heavy atom. The molecule has 0 saturated heterocycles. The van der Waals surface area contributed by atoms with E-state index in [2.05, 4.69) is 0 Å². The fourth-order valence-electron chi connectivity index (χ4n) is 1.32. The predicted molar refractivity (Wildman–Crippen MR) is 57.8 cm³/mol. The first-order valence-electron chi connectivity index (χ1n) is 5.44. The molecule has 0 fully saturated rings. The molecule has 0 heterocycles. The smallest absolute Gasteiger partial charge is 0.200 e. The van der Waals surface area contributed by atoms with Gasteiger partial charge in [0.15, 0.2) is 0 Å². The first-order valence-corrected chi connectivity index (χ1v) is 6.94. The average Bonchev–Trinajstić information content (AvgIpc) is 2.24. The highest BCUT2D eigenvalue weighted by Crippen LogP contribution is 2.54. The van der Waals surface area contributed by atoms with Crippen LogP contribution in [0.3, 0.4) is 0 Å². The van der Waals surface area contributed by atoms with Crippen LogP contribution in [0.2, 0.25) is 0 Å². The molecule has 0 aliphatic rings. The summed E-state index contributed by atoms with van der Waals surface area (Å²) in [6.07, 6.45) is 0.379. The van der Waals surface area contributed by atoms with Gasteiger partial charge in [-0.25, -0.2) is 0 Å². The monoisotopic (exact) mass is 282 g/mol. The molecule has 0 aromatic rings. The van der Waals surface area contributed by atoms with Crippen molar-refractivity contribution in [2.45, 2.75) is 56.5 Å². The highest BCUT2D eigenvalue weighted by Gasteiger charge is 2.69. The summed E-state index contributed by atoms with van der Waals surface area (Å²) in [5, 5.41) is 0. The molecule has 0 aliphatic carbocycles. The van der Waals surface area contributed by atoms with Crippen molar-refractivity contribution in [2.75, 3.05) is 6.66 Å². The average molecular weight is 282 g/mol. The number of alkyl halides is 6. The molecule has 17 heavy (non-hydrogen) atoms. The summed E-state index contributed by atoms with van der Waals surface area (Å²) in [6, 6.07) is 0. The van der Waals surface area contributed by atoms with Crippen LogP contribution in [0.15, 0.2) is 0 Å². The van der Waals surface area contributed by atoms with Gasteiger partial charge in [0, 0.05) is 6.42 Å². The molecule has 0 rings (SSSR count). The van der Waals surface area contributed by atoms with E-state index in [1.165, 1.54) is 0 Å². The zero-order valence-electron chi connectivity index (χ0n) is 9.80. The summed E-state index contributed by atoms with van der Waals surface area (Å²) in [7, 11) is -1.55. The van der Waals surface area contributed by atoms with Gasteiger partial charge in [-0.15, -0.1) is 0 Å². The first kappa shape index (κ1) is 17.0. The van der Waals surface area contributed by atoms with Gasteiger partial charge in [-0.2, -0.15) is 26.3 Å². The minimum atomic E-state index is -5.26. The fourth-order valence-corrected chi connectivity index (χ4v) is 1.81. The minimum absolute atomic E-state index is 0.167. The Morgan fingerprint density at radius 1 is 0.882 bits per heavy atom. The van der Waals surface area contributed by atoms with Crippen LogP contribution in [0.1, 0.15) is 39.0 Å². The SMILES string of the molecule is CCCCCCC(F)(F)C(F)(F)C(F)(F)PC. The van der Waals surface area contributed by atoms with Crippen molar-refractivity contribution in [3.8, 4) is 0 Å². The van der Waals surface area contributed by atoms with Crippen LogP contribution in [-0.4, -0.2) is 24.2 Å². The fraction of sp³-hybridized carbons (Fsp3) is 1.00. The van der Waals surface area contributed by atoms with E-state index in [9.17, 15) is 26.3 Å². The van der Waals surface area contributed by atoms with Crippen LogP contribution >= 0.6 is 8.58 Å². The van der Waals surface area contributed by atoms with Gasteiger partial charge in [-0.05, 0) is 21.7 Å². The standard InChI is InChI=1S/C10H17F6P/c1-3-4-5-6-7-8(11,12)9(13,14)10(15,16)17-2/h17H,3-7H2,1-2H3. The molecule has 0 aromatic heterocycles. The Kier molecular flexibility index (Phi) is 6.26. The van der Waals surface area contributed by atoms with E-state index >= 15 is 0 Å². The molecule has 0 radical (unpaired) electrons. The molecular formula is C10H17F6P. The van der Waals surface area contributed by atoms with Crippen molar-refractivity contribution in [2.24, 2.45) is 0 Å². The van der Waals surface area contributed by atoms with Crippen molar-refractivity contribution < 1.29 is 26.3 Å². The van der Waals surface area contributed by atoms with E-state index in [1.54, 1.807) is 0 Å². The molecule has 0 N–H and O–H groups in total. The van der Waals surface area contributed by atoms with Crippen LogP contribution in [0.4, 0.5) is 26.3 Å². The van der Waals surface area contributed by atoms with Crippen molar-refractivity contribution in [1.82, 2.24) is 0 Å². The maximum absolute atomic E-state index is 13.1. The maximum Gasteiger partial charge on any atom is 0.375 e. The van der Waals surface area contributed by atoms with Crippen molar-refractivity contribution in [3.63, 3.8) is 0 Å². The molecule has 0 aromatic carbocycles. The van der Waals surface area contributed by atoms with Gasteiger partial charge in [-0.3, -0.25) is 0 Å². The molecule has 0 spiro atoms. The molecule has 0 aliphatic heterocycles. The molecular weight excluding hydrogens is 265 g/mol. The summed E-state index contributed by atoms with van der Waals surface area (Å²) in [5.74, 6) is -9.91. The highest BCUT2D eigenvalue weighted by atomic mass is 31.1. The summed E-state index contributed by atoms with van der Waals surface area (Å²) in [4.78, 5) is 0. The quantitative estimate of drug-likeness (QED) is 0.329. The zero-order valence-corrected chi connectivity index (χ0v) is 10.8. The number of rotatable bonds is 8. The van der Waals surface area contributed by atoms with E-state index in [4.69, 9.17) is 0 Å². The lowest BCUT2D eigenvalue weighted by Crippen LogP contribution is -2.51. The molecule has 0 nitrogen and oxygen atoms in total. The number of hydrogen-bond donors (Lipinski definition) is 0. The van der Waals surface area contributed by atoms with Gasteiger partial charge in [0.1, 0.15) is 0 Å². The molecule has 1 unspecified atom stereocenters. The summed E-state index contributed by atoms with van der Waals surface area (Å²) in [6.45, 7) is 2.63. The molecule has 0 bridgehead atoms. The minimum Gasteiger partial charge on any atom is -0.200 e. The van der Waals surface area contributed by atoms with Crippen molar-refractivity contribution >= 4 is 8.58 Å². The van der Waals surface area contributed by atoms with Gasteiger partial charge in [-0.1, -0.05) is 26.2 Å². The van der Waals surface area contributed by atoms with Crippen LogP contribution < -0.4 is 0 Å². The van der Waals surface area contributed by atoms with Crippen molar-refractivity contribution in [1.29, 1.82) is 0 Å². The van der Waals surface area contributed by atoms with Gasteiger partial charge in [0.05, 0.1) is 0 Å². The normalized spacial score (nSPS) is 14.8. The maximum atomic E-state index is 13.1. The van der Waals surface area contributed by atoms with Crippen LogP contribution in [0.5, 0.6) is 0 Å². The second-order valence-corrected chi connectivity index (χ2v) is 5.04. The van der Waals surface area contributed by atoms with Crippen LogP contribution in [-0.2, 0) is 0 Å². The second kappa shape index (κ2) is 6.26. The lowest BCUT2D eigenvalue weighted by atomic mass is 10.0. The van der Waals surface area contributed by atoms with Crippen LogP contribution in [0, 0.1) is 0 Å². The molecule has 104 valence electrons. The molecule has 0 saturated carbocycles. The molecule has 1 atom stereocenters. The van der Waals surface area contributed by atoms with E-state index in [0.717, 1.165) is 13.1 Å². The Hall–Kier alpha value is 0.01000. The Bertz CT molecular complexity index is 229. The van der Waals surface area contributed by atoms with Gasteiger partial charge >= 0.3 is 17.5 Å². The third-order valence-electron chi connectivity index (χ3n) is 2.51. The van der Waals surface area contributed by atoms with Gasteiger partial charge in [0.25, 0.3) is 0 Å². The van der Waals surface area contributed by atoms with Crippen LogP contribution in [0.25, 0.3) is 0 Å². The largest absolute Gasteiger partial charge is 0.375 e. The topological polar surface area (TPSA) is 0 Å². The number of hydrogen-bond acceptors (Lipinski definition) is 0. The van der Waals surface area contributed by atoms with E-state index in [-0.39, 0.29) is 6.42 Å². The predicted octanol–water partition coefficient (Wildman–Crippen LogP) is 5.13. The Labute approximate surface area is 98.9 Å².